The second kappa shape index (κ2) is 28.1. The zero-order valence-corrected chi connectivity index (χ0v) is 47.4. The molecule has 5 rings (SSSR count). The van der Waals surface area contributed by atoms with E-state index in [4.69, 9.17) is 28.4 Å². The van der Waals surface area contributed by atoms with E-state index in [9.17, 15) is 25.2 Å². The Bertz CT molecular complexity index is 1950. The molecule has 0 aliphatic carbocycles. The predicted molar refractivity (Wildman–Crippen MR) is 295 cm³/mol. The molecule has 0 radical (unpaired) electrons. The van der Waals surface area contributed by atoms with Crippen LogP contribution in [0.2, 0.25) is 0 Å². The number of cyclic esters (lactones) is 1. The number of nitrogens with zero attached hydrogens (tertiary/aromatic N) is 2. The Kier molecular flexibility index (Phi) is 23.3. The van der Waals surface area contributed by atoms with Crippen molar-refractivity contribution in [2.45, 2.75) is 192 Å². The summed E-state index contributed by atoms with van der Waals surface area (Å²) in [5.41, 5.74) is -3.06. The minimum Gasteiger partial charge on any atom is -0.497 e. The molecule has 2 aliphatic rings. The van der Waals surface area contributed by atoms with Crippen LogP contribution in [0.25, 0.3) is 0 Å². The molecule has 3 aromatic rings. The van der Waals surface area contributed by atoms with Gasteiger partial charge in [0.15, 0.2) is 6.29 Å². The normalized spacial score (nSPS) is 30.3. The summed E-state index contributed by atoms with van der Waals surface area (Å²) in [4.78, 5) is 17.9. The van der Waals surface area contributed by atoms with Crippen molar-refractivity contribution in [1.29, 1.82) is 0 Å². The molecule has 3 aromatic carbocycles. The van der Waals surface area contributed by atoms with Crippen molar-refractivity contribution in [3.8, 4) is 17.2 Å². The molecule has 0 amide bonds. The second-order valence-corrected chi connectivity index (χ2v) is 25.6. The highest BCUT2D eigenvalue weighted by Crippen LogP contribution is 2.56. The number of hydrogen-bond acceptors (Lipinski definition) is 13. The summed E-state index contributed by atoms with van der Waals surface area (Å²) in [5, 5.41) is 51.6. The lowest BCUT2D eigenvalue weighted by Crippen LogP contribution is -2.59. The molecule has 410 valence electrons. The highest BCUT2D eigenvalue weighted by Gasteiger charge is 2.48. The fraction of sp³-hybridized carbons (Fsp3) is 0.678. The van der Waals surface area contributed by atoms with Crippen LogP contribution < -0.4 is 30.1 Å². The SMILES string of the molecule is CC[C@H]1OC(=O)[C@H](C)C[C@H](C)[C@@H](O[C@@H]2O[C@H](C)C[C@H](N(C)C)[C@H]2O)[C@](C)(O)CCCN(CCCCCCCCCC[P+](c2ccc(OC)cc2)(c2ccc(OC)cc2)c2ccc(OC)cc2)[C@H](C)[C@@H](O)[C@]1(C)O. The maximum absolute atomic E-state index is 13.7. The monoisotopic (exact) mass is 1040 g/mol. The van der Waals surface area contributed by atoms with Crippen molar-refractivity contribution in [3.05, 3.63) is 72.8 Å². The van der Waals surface area contributed by atoms with Crippen LogP contribution >= 0.6 is 7.26 Å². The van der Waals surface area contributed by atoms with E-state index < -0.39 is 67.1 Å². The predicted octanol–water partition coefficient (Wildman–Crippen LogP) is 8.27. The van der Waals surface area contributed by atoms with Gasteiger partial charge in [0.25, 0.3) is 0 Å². The second-order valence-electron chi connectivity index (χ2n) is 21.9. The summed E-state index contributed by atoms with van der Waals surface area (Å²) in [7, 11) is 6.90. The van der Waals surface area contributed by atoms with E-state index in [1.165, 1.54) is 15.9 Å². The van der Waals surface area contributed by atoms with Crippen molar-refractivity contribution in [1.82, 2.24) is 9.80 Å². The van der Waals surface area contributed by atoms with E-state index in [0.717, 1.165) is 74.8 Å². The fourth-order valence-corrected chi connectivity index (χ4v) is 15.9. The van der Waals surface area contributed by atoms with Crippen molar-refractivity contribution in [2.24, 2.45) is 11.8 Å². The standard InChI is InChI=1S/C59H94N2O11P/c1-13-52-59(7,66)54(63)44(5)61(37-22-35-58(6,65)55(41(2)39-42(3)56(64)71-52)72-57-53(62)51(60(8)9)40-43(4)70-57)36-20-18-16-14-15-17-19-21-38-73(48-29-23-45(67-10)24-30-48,49-31-25-46(68-11)26-32-49)50-33-27-47(69-12)28-34-50/h23-34,41-44,51-55,57,62-63,65-66H,13-22,35-40H2,1-12H3/q+1/t41-,42+,43+,44+,51-,52+,53+,54+,55+,57-,58+,59+/m0/s1. The molecule has 14 heteroatoms. The number of aliphatic hydroxyl groups is 4. The van der Waals surface area contributed by atoms with E-state index in [2.05, 4.69) is 77.7 Å². The number of carbonyl (C=O) groups is 1. The van der Waals surface area contributed by atoms with E-state index >= 15 is 0 Å². The number of ether oxygens (including phenoxy) is 6. The number of methoxy groups -OCH3 is 3. The first-order valence-corrected chi connectivity index (χ1v) is 29.3. The van der Waals surface area contributed by atoms with Crippen molar-refractivity contribution in [3.63, 3.8) is 0 Å². The number of hydrogen-bond donors (Lipinski definition) is 4. The average Bonchev–Trinajstić information content (AvgIpc) is 3.38. The number of likely N-dealkylation sites (N-methyl/N-ethyl adjacent to an activating group) is 1. The summed E-state index contributed by atoms with van der Waals surface area (Å²) in [5.74, 6) is 1.11. The first-order valence-electron chi connectivity index (χ1n) is 27.3. The van der Waals surface area contributed by atoms with Gasteiger partial charge in [-0.15, -0.1) is 0 Å². The van der Waals surface area contributed by atoms with Crippen LogP contribution in [-0.4, -0.2) is 151 Å². The van der Waals surface area contributed by atoms with Gasteiger partial charge < -0.3 is 53.7 Å². The van der Waals surface area contributed by atoms with Crippen LogP contribution in [0.4, 0.5) is 0 Å². The molecule has 2 heterocycles. The number of unbranched alkanes of at least 4 members (excludes halogenated alkanes) is 7. The number of carbonyl (C=O) groups excluding carboxylic acids is 1. The van der Waals surface area contributed by atoms with Crippen LogP contribution in [0.3, 0.4) is 0 Å². The summed E-state index contributed by atoms with van der Waals surface area (Å²) in [6.45, 7) is 14.1. The zero-order valence-electron chi connectivity index (χ0n) is 46.5. The van der Waals surface area contributed by atoms with Gasteiger partial charge in [-0.05, 0) is 185 Å². The van der Waals surface area contributed by atoms with Crippen LogP contribution in [0.5, 0.6) is 17.2 Å². The summed E-state index contributed by atoms with van der Waals surface area (Å²) < 4.78 is 35.6. The molecule has 2 fully saturated rings. The maximum atomic E-state index is 13.7. The Labute approximate surface area is 439 Å². The van der Waals surface area contributed by atoms with Gasteiger partial charge in [0.05, 0.1) is 51.2 Å². The van der Waals surface area contributed by atoms with Crippen LogP contribution in [0.15, 0.2) is 72.8 Å². The highest BCUT2D eigenvalue weighted by atomic mass is 31.2. The average molecular weight is 1040 g/mol. The molecule has 0 saturated carbocycles. The Morgan fingerprint density at radius 1 is 0.726 bits per heavy atom. The van der Waals surface area contributed by atoms with E-state index in [-0.39, 0.29) is 18.1 Å². The van der Waals surface area contributed by atoms with Gasteiger partial charge in [-0.1, -0.05) is 52.9 Å². The van der Waals surface area contributed by atoms with Crippen molar-refractivity contribution in [2.75, 3.05) is 54.7 Å². The third-order valence-corrected chi connectivity index (χ3v) is 20.6. The maximum Gasteiger partial charge on any atom is 0.309 e. The topological polar surface area (TPSA) is 160 Å². The minimum absolute atomic E-state index is 0.168. The molecule has 0 aromatic heterocycles. The van der Waals surface area contributed by atoms with Gasteiger partial charge in [0.1, 0.15) is 64.3 Å². The van der Waals surface area contributed by atoms with E-state index in [1.807, 2.05) is 46.7 Å². The Morgan fingerprint density at radius 3 is 1.67 bits per heavy atom. The number of esters is 1. The minimum atomic E-state index is -2.07. The largest absolute Gasteiger partial charge is 0.497 e. The van der Waals surface area contributed by atoms with Crippen molar-refractivity contribution >= 4 is 29.1 Å². The molecule has 2 saturated heterocycles. The number of rotatable bonds is 21. The molecule has 4 N–H and O–H groups in total. The quantitative estimate of drug-likeness (QED) is 0.0460. The molecule has 12 atom stereocenters. The zero-order chi connectivity index (χ0) is 53.5. The fourth-order valence-electron chi connectivity index (χ4n) is 11.6. The molecule has 0 spiro atoms. The van der Waals surface area contributed by atoms with Gasteiger partial charge in [0.2, 0.25) is 0 Å². The molecule has 73 heavy (non-hydrogen) atoms. The molecule has 0 bridgehead atoms. The smallest absolute Gasteiger partial charge is 0.309 e. The summed E-state index contributed by atoms with van der Waals surface area (Å²) in [6, 6.07) is 25.2. The van der Waals surface area contributed by atoms with Gasteiger partial charge in [-0.2, -0.15) is 0 Å². The lowest BCUT2D eigenvalue weighted by atomic mass is 9.81. The third-order valence-electron chi connectivity index (χ3n) is 16.1. The molecule has 2 aliphatic heterocycles. The Hall–Kier alpha value is -3.36. The van der Waals surface area contributed by atoms with Gasteiger partial charge in [-0.3, -0.25) is 9.69 Å². The summed E-state index contributed by atoms with van der Waals surface area (Å²) in [6.07, 6.45) is 6.92. The molecular formula is C59H94N2O11P+. The van der Waals surface area contributed by atoms with Crippen LogP contribution in [-0.2, 0) is 19.0 Å². The summed E-state index contributed by atoms with van der Waals surface area (Å²) >= 11 is 0. The van der Waals surface area contributed by atoms with Crippen molar-refractivity contribution < 1.29 is 53.6 Å². The Balaban J connectivity index is 1.23. The molecular weight excluding hydrogens is 944 g/mol. The van der Waals surface area contributed by atoms with Gasteiger partial charge in [-0.25, -0.2) is 0 Å². The first kappa shape index (κ1) is 60.5. The van der Waals surface area contributed by atoms with Gasteiger partial charge >= 0.3 is 5.97 Å². The highest BCUT2D eigenvalue weighted by molar-refractivity contribution is 7.95. The number of aliphatic hydroxyl groups excluding tert-OH is 2. The third kappa shape index (κ3) is 15.6. The number of benzene rings is 3. The van der Waals surface area contributed by atoms with E-state index in [1.54, 1.807) is 42.1 Å². The molecule has 13 nitrogen and oxygen atoms in total. The van der Waals surface area contributed by atoms with E-state index in [0.29, 0.717) is 45.2 Å². The van der Waals surface area contributed by atoms with Gasteiger partial charge in [0, 0.05) is 12.1 Å². The first-order chi connectivity index (χ1) is 34.7. The Morgan fingerprint density at radius 2 is 1.21 bits per heavy atom. The van der Waals surface area contributed by atoms with Crippen LogP contribution in [0, 0.1) is 11.8 Å². The lowest BCUT2D eigenvalue weighted by molar-refractivity contribution is -0.294. The lowest BCUT2D eigenvalue weighted by Gasteiger charge is -2.45. The molecule has 0 unspecified atom stereocenters. The van der Waals surface area contributed by atoms with Crippen LogP contribution in [0.1, 0.15) is 132 Å².